The molecule has 0 amide bonds. The first-order valence-electron chi connectivity index (χ1n) is 4.28. The molecule has 0 saturated carbocycles. The molecule has 6 N–H and O–H groups in total. The molecule has 1 aliphatic rings. The lowest BCUT2D eigenvalue weighted by Crippen LogP contribution is -2.39. The van der Waals surface area contributed by atoms with Crippen molar-refractivity contribution in [2.24, 2.45) is 0 Å². The van der Waals surface area contributed by atoms with Gasteiger partial charge in [-0.15, -0.1) is 0 Å². The maximum absolute atomic E-state index is 10.5. The highest BCUT2D eigenvalue weighted by molar-refractivity contribution is 7.51. The first kappa shape index (κ1) is 13.2. The fourth-order valence-electron chi connectivity index (χ4n) is 1.35. The second-order valence-electron chi connectivity index (χ2n) is 3.28. The van der Waals surface area contributed by atoms with Crippen molar-refractivity contribution in [3.8, 4) is 0 Å². The van der Waals surface area contributed by atoms with E-state index in [0.29, 0.717) is 0 Å². The average molecular weight is 259 g/mol. The standard InChI is InChI=1S/C5H14NO7PSi/c7-1-2-3(8)4(9)5(13-2)15-6-14(10,11)12/h2-5,7-9H,1,15H2,(H3,6,10,11,12)/t2-,3-,4-,5?/m1/s1. The summed E-state index contributed by atoms with van der Waals surface area (Å²) in [6.07, 6.45) is -3.32. The van der Waals surface area contributed by atoms with E-state index < -0.39 is 48.1 Å². The highest BCUT2D eigenvalue weighted by atomic mass is 31.2. The van der Waals surface area contributed by atoms with Crippen LogP contribution < -0.4 is 4.75 Å². The number of nitrogens with one attached hydrogen (secondary N) is 1. The summed E-state index contributed by atoms with van der Waals surface area (Å²) in [5.41, 5.74) is -0.815. The van der Waals surface area contributed by atoms with Crippen LogP contribution in [0.4, 0.5) is 0 Å². The number of aliphatic hydroxyl groups is 3. The van der Waals surface area contributed by atoms with E-state index in [4.69, 9.17) is 19.6 Å². The average Bonchev–Trinajstić information content (AvgIpc) is 2.40. The van der Waals surface area contributed by atoms with Crippen LogP contribution in [0.2, 0.25) is 0 Å². The first-order valence-corrected chi connectivity index (χ1v) is 7.42. The number of hydrogen-bond acceptors (Lipinski definition) is 5. The molecule has 0 aliphatic carbocycles. The summed E-state index contributed by atoms with van der Waals surface area (Å²) in [7, 11) is -5.91. The third kappa shape index (κ3) is 3.59. The fraction of sp³-hybridized carbons (Fsp3) is 1.00. The number of hydrogen-bond donors (Lipinski definition) is 6. The molecule has 15 heavy (non-hydrogen) atoms. The third-order valence-electron chi connectivity index (χ3n) is 2.14. The Hall–Kier alpha value is 0.167. The van der Waals surface area contributed by atoms with Crippen molar-refractivity contribution in [3.05, 3.63) is 0 Å². The number of rotatable bonds is 4. The Morgan fingerprint density at radius 3 is 2.33 bits per heavy atom. The van der Waals surface area contributed by atoms with E-state index in [-0.39, 0.29) is 0 Å². The number of ether oxygens (including phenoxy) is 1. The van der Waals surface area contributed by atoms with Gasteiger partial charge in [0.15, 0.2) is 0 Å². The van der Waals surface area contributed by atoms with Crippen molar-refractivity contribution in [1.29, 1.82) is 0 Å². The molecule has 0 aromatic carbocycles. The van der Waals surface area contributed by atoms with Crippen LogP contribution in [-0.4, -0.2) is 65.4 Å². The van der Waals surface area contributed by atoms with Gasteiger partial charge in [0.2, 0.25) is 0 Å². The molecule has 0 radical (unpaired) electrons. The van der Waals surface area contributed by atoms with E-state index in [1.165, 1.54) is 0 Å². The van der Waals surface area contributed by atoms with Crippen LogP contribution in [0.15, 0.2) is 0 Å². The van der Waals surface area contributed by atoms with Crippen LogP contribution in [0.25, 0.3) is 0 Å². The summed E-state index contributed by atoms with van der Waals surface area (Å²) in [5, 5.41) is 27.5. The molecule has 0 bridgehead atoms. The van der Waals surface area contributed by atoms with Gasteiger partial charge in [-0.05, 0) is 0 Å². The first-order chi connectivity index (χ1) is 6.85. The molecule has 1 aliphatic heterocycles. The van der Waals surface area contributed by atoms with Gasteiger partial charge >= 0.3 is 7.75 Å². The summed E-state index contributed by atoms with van der Waals surface area (Å²) in [5.74, 6) is 0. The zero-order valence-electron chi connectivity index (χ0n) is 7.72. The Labute approximate surface area is 88.0 Å². The highest BCUT2D eigenvalue weighted by Gasteiger charge is 2.42. The van der Waals surface area contributed by atoms with E-state index in [9.17, 15) is 14.8 Å². The quantitative estimate of drug-likeness (QED) is 0.223. The summed E-state index contributed by atoms with van der Waals surface area (Å²) in [4.78, 5) is 17.1. The maximum atomic E-state index is 10.5. The topological polar surface area (TPSA) is 139 Å². The maximum Gasteiger partial charge on any atom is 0.393 e. The smallest absolute Gasteiger partial charge is 0.393 e. The molecule has 0 spiro atoms. The monoisotopic (exact) mass is 259 g/mol. The predicted octanol–water partition coefficient (Wildman–Crippen LogP) is -3.81. The van der Waals surface area contributed by atoms with E-state index in [1.807, 2.05) is 4.75 Å². The Morgan fingerprint density at radius 1 is 1.33 bits per heavy atom. The predicted molar refractivity (Wildman–Crippen MR) is 51.5 cm³/mol. The zero-order chi connectivity index (χ0) is 11.6. The van der Waals surface area contributed by atoms with Crippen LogP contribution in [0.3, 0.4) is 0 Å². The van der Waals surface area contributed by atoms with Gasteiger partial charge in [0.1, 0.15) is 28.0 Å². The van der Waals surface area contributed by atoms with Gasteiger partial charge < -0.3 is 29.8 Å². The van der Waals surface area contributed by atoms with Crippen molar-refractivity contribution in [1.82, 2.24) is 4.75 Å². The minimum absolute atomic E-state index is 0.445. The van der Waals surface area contributed by atoms with Crippen LogP contribution in [0.1, 0.15) is 0 Å². The molecular weight excluding hydrogens is 245 g/mol. The summed E-state index contributed by atoms with van der Waals surface area (Å²) < 4.78 is 17.5. The van der Waals surface area contributed by atoms with E-state index in [1.54, 1.807) is 0 Å². The molecule has 1 unspecified atom stereocenters. The van der Waals surface area contributed by atoms with Crippen molar-refractivity contribution in [3.63, 3.8) is 0 Å². The Balaban J connectivity index is 2.47. The third-order valence-corrected chi connectivity index (χ3v) is 5.60. The molecule has 1 saturated heterocycles. The molecule has 1 rings (SSSR count). The van der Waals surface area contributed by atoms with Gasteiger partial charge in [-0.3, -0.25) is 0 Å². The van der Waals surface area contributed by atoms with Crippen LogP contribution >= 0.6 is 7.75 Å². The Bertz CT molecular complexity index is 260. The van der Waals surface area contributed by atoms with Gasteiger partial charge in [-0.1, -0.05) is 0 Å². The molecule has 90 valence electrons. The lowest BCUT2D eigenvalue weighted by Gasteiger charge is -2.14. The van der Waals surface area contributed by atoms with Crippen LogP contribution in [0.5, 0.6) is 0 Å². The molecule has 0 aromatic heterocycles. The van der Waals surface area contributed by atoms with Gasteiger partial charge in [-0.2, -0.15) is 0 Å². The minimum atomic E-state index is -4.32. The van der Waals surface area contributed by atoms with Crippen molar-refractivity contribution in [2.45, 2.75) is 24.0 Å². The summed E-state index contributed by atoms with van der Waals surface area (Å²) in [6.45, 7) is -0.445. The van der Waals surface area contributed by atoms with Crippen LogP contribution in [0, 0.1) is 0 Å². The van der Waals surface area contributed by atoms with Gasteiger partial charge in [0.05, 0.1) is 12.3 Å². The van der Waals surface area contributed by atoms with Crippen molar-refractivity contribution < 1.29 is 34.4 Å². The summed E-state index contributed by atoms with van der Waals surface area (Å²) >= 11 is 0. The molecule has 10 heteroatoms. The molecule has 1 fully saturated rings. The van der Waals surface area contributed by atoms with Gasteiger partial charge in [-0.25, -0.2) is 9.32 Å². The van der Waals surface area contributed by atoms with E-state index in [2.05, 4.69) is 0 Å². The summed E-state index contributed by atoms with van der Waals surface area (Å²) in [6, 6.07) is 0. The highest BCUT2D eigenvalue weighted by Crippen LogP contribution is 2.28. The van der Waals surface area contributed by atoms with E-state index in [0.717, 1.165) is 0 Å². The second-order valence-corrected chi connectivity index (χ2v) is 6.85. The molecule has 0 aromatic rings. The van der Waals surface area contributed by atoms with E-state index >= 15 is 0 Å². The van der Waals surface area contributed by atoms with Gasteiger partial charge in [0, 0.05) is 0 Å². The lowest BCUT2D eigenvalue weighted by atomic mass is 10.2. The molecule has 1 heterocycles. The molecular formula is C5H14NO7PSi. The number of aliphatic hydroxyl groups excluding tert-OH is 3. The van der Waals surface area contributed by atoms with Crippen molar-refractivity contribution in [2.75, 3.05) is 6.61 Å². The SMILES string of the molecule is O=P(O)(O)N[SiH2]C1O[C@H](CO)[C@@H](O)[C@H]1O. The zero-order valence-corrected chi connectivity index (χ0v) is 10.0. The minimum Gasteiger partial charge on any atom is -0.394 e. The van der Waals surface area contributed by atoms with Crippen LogP contribution in [-0.2, 0) is 9.30 Å². The second kappa shape index (κ2) is 5.00. The lowest BCUT2D eigenvalue weighted by molar-refractivity contribution is -0.00912. The molecule has 8 nitrogen and oxygen atoms in total. The van der Waals surface area contributed by atoms with Gasteiger partial charge in [0.25, 0.3) is 0 Å². The molecule has 4 atom stereocenters. The van der Waals surface area contributed by atoms with Crippen molar-refractivity contribution >= 4 is 17.4 Å². The normalized spacial score (nSPS) is 37.9. The fourth-order valence-corrected chi connectivity index (χ4v) is 3.89. The Kier molecular flexibility index (Phi) is 4.41. The largest absolute Gasteiger partial charge is 0.394 e. The Morgan fingerprint density at radius 2 is 1.93 bits per heavy atom.